The molecule has 2 atom stereocenters. The Morgan fingerprint density at radius 3 is 2.83 bits per heavy atom. The maximum absolute atomic E-state index is 13.5. The molecule has 0 saturated carbocycles. The van der Waals surface area contributed by atoms with Gasteiger partial charge in [-0.25, -0.2) is 9.97 Å². The van der Waals surface area contributed by atoms with Gasteiger partial charge in [-0.05, 0) is 44.7 Å². The van der Waals surface area contributed by atoms with E-state index in [9.17, 15) is 4.79 Å². The zero-order chi connectivity index (χ0) is 25.3. The molecule has 1 aliphatic heterocycles. The quantitative estimate of drug-likeness (QED) is 0.396. The minimum Gasteiger partial charge on any atom is -0.480 e. The van der Waals surface area contributed by atoms with Crippen molar-refractivity contribution in [2.45, 2.75) is 44.7 Å². The molecule has 1 saturated heterocycles. The van der Waals surface area contributed by atoms with Crippen LogP contribution in [0.5, 0.6) is 5.88 Å². The van der Waals surface area contributed by atoms with Gasteiger partial charge in [-0.2, -0.15) is 0 Å². The fourth-order valence-corrected chi connectivity index (χ4v) is 5.44. The fraction of sp³-hybridized carbons (Fsp3) is 0.346. The number of aryl methyl sites for hydroxylation is 1. The van der Waals surface area contributed by atoms with Crippen LogP contribution in [-0.2, 0) is 12.0 Å². The molecule has 0 bridgehead atoms. The second-order valence-corrected chi connectivity index (χ2v) is 10.1. The van der Waals surface area contributed by atoms with Crippen molar-refractivity contribution in [2.75, 3.05) is 13.7 Å². The molecular formula is C26H28N6O3S. The van der Waals surface area contributed by atoms with E-state index < -0.39 is 5.54 Å². The predicted molar refractivity (Wildman–Crippen MR) is 136 cm³/mol. The topological polar surface area (TPSA) is 120 Å². The molecule has 186 valence electrons. The molecule has 3 aromatic heterocycles. The van der Waals surface area contributed by atoms with E-state index in [2.05, 4.69) is 20.2 Å². The third kappa shape index (κ3) is 4.74. The average molecular weight is 505 g/mol. The molecule has 4 aromatic rings. The van der Waals surface area contributed by atoms with Crippen LogP contribution in [0.4, 0.5) is 0 Å². The summed E-state index contributed by atoms with van der Waals surface area (Å²) in [4.78, 5) is 24.4. The Bertz CT molecular complexity index is 1370. The summed E-state index contributed by atoms with van der Waals surface area (Å²) in [6.07, 6.45) is 3.86. The predicted octanol–water partition coefficient (Wildman–Crippen LogP) is 4.30. The van der Waals surface area contributed by atoms with Crippen molar-refractivity contribution in [3.05, 3.63) is 75.7 Å². The van der Waals surface area contributed by atoms with Crippen LogP contribution >= 0.6 is 11.3 Å². The van der Waals surface area contributed by atoms with Gasteiger partial charge in [0.15, 0.2) is 0 Å². The number of hydrogen-bond acceptors (Lipinski definition) is 9. The molecule has 10 heteroatoms. The molecule has 4 heterocycles. The number of aromatic nitrogens is 4. The lowest BCUT2D eigenvalue weighted by molar-refractivity contribution is 0.0735. The molecule has 0 spiro atoms. The number of nitrogens with two attached hydrogens (primary N) is 1. The third-order valence-electron chi connectivity index (χ3n) is 6.29. The second kappa shape index (κ2) is 9.79. The minimum absolute atomic E-state index is 0.0345. The Labute approximate surface area is 213 Å². The van der Waals surface area contributed by atoms with Gasteiger partial charge in [0, 0.05) is 23.8 Å². The second-order valence-electron chi connectivity index (χ2n) is 9.26. The summed E-state index contributed by atoms with van der Waals surface area (Å²) in [6.45, 7) is 4.48. The molecule has 9 nitrogen and oxygen atoms in total. The SMILES string of the molecule is COc1ncc(C(=O)N2CCC[C@@H]2c2nc(C)cs2)cc1-c1nnc([C@](C)(N)Cc2ccccc2)o1. The van der Waals surface area contributed by atoms with Gasteiger partial charge in [-0.1, -0.05) is 30.3 Å². The Morgan fingerprint density at radius 1 is 1.31 bits per heavy atom. The molecule has 2 N–H and O–H groups in total. The highest BCUT2D eigenvalue weighted by molar-refractivity contribution is 7.09. The Hall–Kier alpha value is -3.63. The van der Waals surface area contributed by atoms with Crippen LogP contribution in [0.25, 0.3) is 11.5 Å². The molecule has 36 heavy (non-hydrogen) atoms. The molecule has 1 aliphatic rings. The van der Waals surface area contributed by atoms with Crippen molar-refractivity contribution in [2.24, 2.45) is 5.73 Å². The van der Waals surface area contributed by atoms with Gasteiger partial charge in [0.05, 0.1) is 24.3 Å². The standard InChI is InChI=1S/C26H28N6O3S/c1-16-15-36-23(29-16)20-10-7-11-32(20)24(33)18-12-19(21(34-3)28-14-18)22-30-31-25(35-22)26(2,27)13-17-8-5-4-6-9-17/h4-6,8-9,12,14-15,20H,7,10-11,13,27H2,1-3H3/t20-,26-/m1/s1. The number of pyridine rings is 1. The lowest BCUT2D eigenvalue weighted by atomic mass is 9.94. The van der Waals surface area contributed by atoms with Gasteiger partial charge < -0.3 is 19.8 Å². The number of benzene rings is 1. The molecule has 1 amide bonds. The van der Waals surface area contributed by atoms with Crippen LogP contribution in [0, 0.1) is 6.92 Å². The number of nitrogens with zero attached hydrogens (tertiary/aromatic N) is 5. The van der Waals surface area contributed by atoms with Crippen molar-refractivity contribution >= 4 is 17.2 Å². The number of carbonyl (C=O) groups excluding carboxylic acids is 1. The summed E-state index contributed by atoms with van der Waals surface area (Å²) in [5.41, 5.74) is 8.57. The van der Waals surface area contributed by atoms with Crippen LogP contribution in [0.2, 0.25) is 0 Å². The maximum Gasteiger partial charge on any atom is 0.256 e. The molecular weight excluding hydrogens is 476 g/mol. The van der Waals surface area contributed by atoms with E-state index in [4.69, 9.17) is 14.9 Å². The monoisotopic (exact) mass is 504 g/mol. The van der Waals surface area contributed by atoms with Crippen molar-refractivity contribution in [1.29, 1.82) is 0 Å². The highest BCUT2D eigenvalue weighted by Crippen LogP contribution is 2.36. The van der Waals surface area contributed by atoms with E-state index in [1.165, 1.54) is 13.3 Å². The lowest BCUT2D eigenvalue weighted by Gasteiger charge is -2.23. The van der Waals surface area contributed by atoms with Crippen LogP contribution in [-0.4, -0.2) is 44.6 Å². The van der Waals surface area contributed by atoms with Crippen molar-refractivity contribution < 1.29 is 13.9 Å². The van der Waals surface area contributed by atoms with Gasteiger partial charge in [0.2, 0.25) is 11.8 Å². The number of carbonyl (C=O) groups is 1. The maximum atomic E-state index is 13.5. The Balaban J connectivity index is 1.43. The van der Waals surface area contributed by atoms with E-state index in [-0.39, 0.29) is 23.7 Å². The molecule has 1 aromatic carbocycles. The van der Waals surface area contributed by atoms with Gasteiger partial charge in [0.25, 0.3) is 11.8 Å². The van der Waals surface area contributed by atoms with Crippen LogP contribution in [0.15, 0.2) is 52.4 Å². The van der Waals surface area contributed by atoms with Crippen molar-refractivity contribution in [3.63, 3.8) is 0 Å². The first-order valence-corrected chi connectivity index (χ1v) is 12.7. The highest BCUT2D eigenvalue weighted by Gasteiger charge is 2.34. The van der Waals surface area contributed by atoms with E-state index in [1.54, 1.807) is 17.4 Å². The summed E-state index contributed by atoms with van der Waals surface area (Å²) in [6, 6.07) is 11.5. The van der Waals surface area contributed by atoms with E-state index in [1.807, 2.05) is 54.5 Å². The largest absolute Gasteiger partial charge is 0.480 e. The number of thiazole rings is 1. The zero-order valence-electron chi connectivity index (χ0n) is 20.5. The first-order chi connectivity index (χ1) is 17.4. The van der Waals surface area contributed by atoms with E-state index in [0.29, 0.717) is 30.0 Å². The van der Waals surface area contributed by atoms with Crippen LogP contribution < -0.4 is 10.5 Å². The third-order valence-corrected chi connectivity index (χ3v) is 7.35. The highest BCUT2D eigenvalue weighted by atomic mass is 32.1. The summed E-state index contributed by atoms with van der Waals surface area (Å²) in [5, 5.41) is 11.4. The number of likely N-dealkylation sites (tertiary alicyclic amines) is 1. The number of amides is 1. The van der Waals surface area contributed by atoms with E-state index >= 15 is 0 Å². The number of ether oxygens (including phenoxy) is 1. The first kappa shape index (κ1) is 24.1. The van der Waals surface area contributed by atoms with Gasteiger partial charge in [-0.3, -0.25) is 4.79 Å². The molecule has 5 rings (SSSR count). The molecule has 0 radical (unpaired) electrons. The summed E-state index contributed by atoms with van der Waals surface area (Å²) in [5.74, 6) is 0.660. The Morgan fingerprint density at radius 2 is 2.11 bits per heavy atom. The zero-order valence-corrected chi connectivity index (χ0v) is 21.3. The molecule has 0 aliphatic carbocycles. The molecule has 0 unspecified atom stereocenters. The lowest BCUT2D eigenvalue weighted by Crippen LogP contribution is -2.35. The fourth-order valence-electron chi connectivity index (χ4n) is 4.50. The summed E-state index contributed by atoms with van der Waals surface area (Å²) >= 11 is 1.59. The average Bonchev–Trinajstić information content (AvgIpc) is 3.64. The van der Waals surface area contributed by atoms with E-state index in [0.717, 1.165) is 29.1 Å². The van der Waals surface area contributed by atoms with Gasteiger partial charge in [0.1, 0.15) is 10.6 Å². The summed E-state index contributed by atoms with van der Waals surface area (Å²) in [7, 11) is 1.51. The van der Waals surface area contributed by atoms with Crippen molar-refractivity contribution in [1.82, 2.24) is 25.1 Å². The number of rotatable bonds is 7. The smallest absolute Gasteiger partial charge is 0.256 e. The molecule has 1 fully saturated rings. The Kier molecular flexibility index (Phi) is 6.55. The van der Waals surface area contributed by atoms with Crippen LogP contribution in [0.1, 0.15) is 58.3 Å². The normalized spacial score (nSPS) is 17.2. The van der Waals surface area contributed by atoms with Crippen molar-refractivity contribution in [3.8, 4) is 17.3 Å². The number of hydrogen-bond donors (Lipinski definition) is 1. The number of methoxy groups -OCH3 is 1. The summed E-state index contributed by atoms with van der Waals surface area (Å²) < 4.78 is 11.4. The minimum atomic E-state index is -0.880. The van der Waals surface area contributed by atoms with Gasteiger partial charge >= 0.3 is 0 Å². The van der Waals surface area contributed by atoms with Crippen LogP contribution in [0.3, 0.4) is 0 Å². The first-order valence-electron chi connectivity index (χ1n) is 11.8. The van der Waals surface area contributed by atoms with Gasteiger partial charge in [-0.15, -0.1) is 21.5 Å².